The standard InChI is InChI=1S/C24H36N6O5S/c1-3-35-21(31)16-29-20-14-15-28(27-23(25)36(33,34)22(20)17(2)26-29)24(32)30(18-10-6-4-7-11-18)19-12-8-5-9-13-19/h14-15,18-19H,3-13,16H2,1-2H3,(H2,25,27). The molecule has 0 spiro atoms. The summed E-state index contributed by atoms with van der Waals surface area (Å²) >= 11 is 0. The molecule has 11 nitrogen and oxygen atoms in total. The fourth-order valence-corrected chi connectivity index (χ4v) is 6.80. The summed E-state index contributed by atoms with van der Waals surface area (Å²) in [7, 11) is -4.25. The van der Waals surface area contributed by atoms with Crippen molar-refractivity contribution in [3.63, 3.8) is 0 Å². The summed E-state index contributed by atoms with van der Waals surface area (Å²) in [6, 6.07) is -0.193. The van der Waals surface area contributed by atoms with Gasteiger partial charge in [-0.2, -0.15) is 10.1 Å². The number of sulfone groups is 1. The zero-order valence-electron chi connectivity index (χ0n) is 21.1. The van der Waals surface area contributed by atoms with Crippen LogP contribution in [0.25, 0.3) is 6.08 Å². The van der Waals surface area contributed by atoms with Crippen LogP contribution in [0.2, 0.25) is 0 Å². The summed E-state index contributed by atoms with van der Waals surface area (Å²) in [5.74, 6) is -0.550. The number of fused-ring (bicyclic) bond motifs is 1. The van der Waals surface area contributed by atoms with Crippen molar-refractivity contribution in [3.8, 4) is 0 Å². The summed E-state index contributed by atoms with van der Waals surface area (Å²) in [4.78, 5) is 27.8. The van der Waals surface area contributed by atoms with Crippen LogP contribution in [0.15, 0.2) is 16.2 Å². The normalized spacial score (nSPS) is 20.7. The van der Waals surface area contributed by atoms with Gasteiger partial charge in [-0.3, -0.25) is 9.48 Å². The predicted molar refractivity (Wildman–Crippen MR) is 134 cm³/mol. The number of aryl methyl sites for hydroxylation is 1. The van der Waals surface area contributed by atoms with Gasteiger partial charge in [0, 0.05) is 18.3 Å². The Hall–Kier alpha value is -2.89. The zero-order valence-corrected chi connectivity index (χ0v) is 21.9. The molecule has 2 saturated carbocycles. The fourth-order valence-electron chi connectivity index (χ4n) is 5.52. The molecule has 12 heteroatoms. The van der Waals surface area contributed by atoms with Gasteiger partial charge >= 0.3 is 12.0 Å². The van der Waals surface area contributed by atoms with Gasteiger partial charge in [-0.1, -0.05) is 38.5 Å². The highest BCUT2D eigenvalue weighted by Gasteiger charge is 2.37. The lowest BCUT2D eigenvalue weighted by Gasteiger charge is -2.42. The quantitative estimate of drug-likeness (QED) is 0.588. The third-order valence-corrected chi connectivity index (χ3v) is 8.85. The third kappa shape index (κ3) is 5.28. The van der Waals surface area contributed by atoms with Crippen LogP contribution >= 0.6 is 0 Å². The maximum atomic E-state index is 13.9. The Morgan fingerprint density at radius 2 is 1.67 bits per heavy atom. The molecule has 0 unspecified atom stereocenters. The van der Waals surface area contributed by atoms with E-state index in [9.17, 15) is 18.0 Å². The molecule has 0 atom stereocenters. The minimum absolute atomic E-state index is 0.0911. The minimum Gasteiger partial charge on any atom is -0.465 e. The lowest BCUT2D eigenvalue weighted by Crippen LogP contribution is -2.52. The van der Waals surface area contributed by atoms with E-state index < -0.39 is 21.0 Å². The molecular formula is C24H36N6O5S. The Bertz CT molecular complexity index is 1130. The van der Waals surface area contributed by atoms with Crippen molar-refractivity contribution < 1.29 is 22.7 Å². The number of amidine groups is 1. The Balaban J connectivity index is 1.73. The highest BCUT2D eigenvalue weighted by molar-refractivity contribution is 8.06. The van der Waals surface area contributed by atoms with E-state index in [-0.39, 0.29) is 47.5 Å². The van der Waals surface area contributed by atoms with Gasteiger partial charge in [0.05, 0.1) is 18.0 Å². The number of esters is 1. The molecule has 2 aliphatic carbocycles. The third-order valence-electron chi connectivity index (χ3n) is 7.17. The molecule has 198 valence electrons. The summed E-state index contributed by atoms with van der Waals surface area (Å²) in [5.41, 5.74) is 6.33. The molecule has 2 fully saturated rings. The van der Waals surface area contributed by atoms with Gasteiger partial charge < -0.3 is 15.4 Å². The van der Waals surface area contributed by atoms with Crippen LogP contribution in [-0.4, -0.2) is 64.0 Å². The largest absolute Gasteiger partial charge is 0.465 e. The number of hydrogen-bond donors (Lipinski definition) is 1. The second kappa shape index (κ2) is 11.0. The van der Waals surface area contributed by atoms with Gasteiger partial charge in [-0.15, -0.1) is 5.10 Å². The van der Waals surface area contributed by atoms with Crippen LogP contribution in [0.5, 0.6) is 0 Å². The Labute approximate surface area is 212 Å². The molecule has 2 heterocycles. The minimum atomic E-state index is -4.25. The zero-order chi connectivity index (χ0) is 25.9. The monoisotopic (exact) mass is 520 g/mol. The van der Waals surface area contributed by atoms with Crippen molar-refractivity contribution in [1.82, 2.24) is 19.7 Å². The molecule has 2 amide bonds. The molecule has 2 N–H and O–H groups in total. The van der Waals surface area contributed by atoms with E-state index in [1.54, 1.807) is 6.92 Å². The molecular weight excluding hydrogens is 484 g/mol. The van der Waals surface area contributed by atoms with Crippen molar-refractivity contribution in [1.29, 1.82) is 0 Å². The molecule has 0 aromatic carbocycles. The van der Waals surface area contributed by atoms with E-state index in [2.05, 4.69) is 10.2 Å². The number of rotatable bonds is 5. The van der Waals surface area contributed by atoms with Crippen molar-refractivity contribution in [3.05, 3.63) is 17.6 Å². The van der Waals surface area contributed by atoms with Crippen molar-refractivity contribution in [2.24, 2.45) is 10.8 Å². The second-order valence-corrected chi connectivity index (χ2v) is 11.5. The molecule has 1 aromatic heterocycles. The van der Waals surface area contributed by atoms with Crippen LogP contribution in [0.4, 0.5) is 4.79 Å². The van der Waals surface area contributed by atoms with E-state index in [1.165, 1.54) is 23.9 Å². The van der Waals surface area contributed by atoms with Gasteiger partial charge in [-0.25, -0.2) is 13.2 Å². The number of urea groups is 1. The van der Waals surface area contributed by atoms with E-state index in [0.29, 0.717) is 0 Å². The first-order chi connectivity index (χ1) is 17.2. The van der Waals surface area contributed by atoms with Crippen molar-refractivity contribution in [2.45, 2.75) is 102 Å². The first-order valence-corrected chi connectivity index (χ1v) is 14.3. The average Bonchev–Trinajstić information content (AvgIpc) is 3.17. The van der Waals surface area contributed by atoms with Crippen LogP contribution in [0, 0.1) is 6.92 Å². The topological polar surface area (TPSA) is 140 Å². The number of carbonyl (C=O) groups is 2. The summed E-state index contributed by atoms with van der Waals surface area (Å²) < 4.78 is 33.0. The van der Waals surface area contributed by atoms with Crippen molar-refractivity contribution >= 4 is 33.1 Å². The molecule has 1 aliphatic heterocycles. The number of nitrogens with two attached hydrogens (primary N) is 1. The number of aromatic nitrogens is 2. The summed E-state index contributed by atoms with van der Waals surface area (Å²) in [6.07, 6.45) is 13.1. The number of hydrogen-bond acceptors (Lipinski definition) is 8. The van der Waals surface area contributed by atoms with Crippen molar-refractivity contribution in [2.75, 3.05) is 6.61 Å². The SMILES string of the molecule is CCOC(=O)Cn1nc(C)c2c1C=CN(C(=O)N(C1CCCCC1)C1CCCCC1)N=C(N)S2(=O)=O. The van der Waals surface area contributed by atoms with Gasteiger partial charge in [0.2, 0.25) is 15.0 Å². The Morgan fingerprint density at radius 1 is 1.08 bits per heavy atom. The lowest BCUT2D eigenvalue weighted by atomic mass is 9.89. The fraction of sp³-hybridized carbons (Fsp3) is 0.667. The molecule has 4 rings (SSSR count). The van der Waals surface area contributed by atoms with Crippen LogP contribution in [0.3, 0.4) is 0 Å². The average molecular weight is 521 g/mol. The van der Waals surface area contributed by atoms with Gasteiger partial charge in [-0.05, 0) is 45.6 Å². The highest BCUT2D eigenvalue weighted by Crippen LogP contribution is 2.32. The second-order valence-electron chi connectivity index (χ2n) is 9.64. The van der Waals surface area contributed by atoms with E-state index >= 15 is 0 Å². The summed E-state index contributed by atoms with van der Waals surface area (Å²) in [6.45, 7) is 3.13. The number of ether oxygens (including phenoxy) is 1. The van der Waals surface area contributed by atoms with Crippen LogP contribution < -0.4 is 5.73 Å². The van der Waals surface area contributed by atoms with Gasteiger partial charge in [0.25, 0.3) is 0 Å². The Kier molecular flexibility index (Phi) is 8.01. The number of nitrogens with zero attached hydrogens (tertiary/aromatic N) is 5. The Morgan fingerprint density at radius 3 is 2.22 bits per heavy atom. The van der Waals surface area contributed by atoms with Gasteiger partial charge in [0.1, 0.15) is 11.4 Å². The smallest absolute Gasteiger partial charge is 0.345 e. The first-order valence-electron chi connectivity index (χ1n) is 12.9. The number of amides is 2. The molecule has 0 bridgehead atoms. The molecule has 0 saturated heterocycles. The number of carbonyl (C=O) groups excluding carboxylic acids is 2. The van der Waals surface area contributed by atoms with Crippen LogP contribution in [0.1, 0.15) is 82.5 Å². The highest BCUT2D eigenvalue weighted by atomic mass is 32.2. The van der Waals surface area contributed by atoms with E-state index in [1.807, 2.05) is 4.90 Å². The van der Waals surface area contributed by atoms with E-state index in [4.69, 9.17) is 10.5 Å². The first kappa shape index (κ1) is 26.2. The van der Waals surface area contributed by atoms with E-state index in [0.717, 1.165) is 69.2 Å². The predicted octanol–water partition coefficient (Wildman–Crippen LogP) is 3.13. The molecule has 0 radical (unpaired) electrons. The molecule has 3 aliphatic rings. The van der Waals surface area contributed by atoms with Crippen LogP contribution in [-0.2, 0) is 25.9 Å². The molecule has 36 heavy (non-hydrogen) atoms. The maximum Gasteiger partial charge on any atom is 0.345 e. The molecule has 1 aromatic rings. The number of hydrazone groups is 1. The summed E-state index contributed by atoms with van der Waals surface area (Å²) in [5, 5.41) is 8.66. The maximum absolute atomic E-state index is 13.9. The van der Waals surface area contributed by atoms with Gasteiger partial charge in [0.15, 0.2) is 0 Å². The lowest BCUT2D eigenvalue weighted by molar-refractivity contribution is -0.144.